The summed E-state index contributed by atoms with van der Waals surface area (Å²) in [5, 5.41) is 4.91. The number of halogens is 1. The molecule has 0 spiro atoms. The number of amides is 4. The number of hydrogen-bond acceptors (Lipinski definition) is 5. The summed E-state index contributed by atoms with van der Waals surface area (Å²) in [6.45, 7) is 3.34. The topological polar surface area (TPSA) is 105 Å². The molecule has 1 aromatic rings. The number of anilines is 1. The van der Waals surface area contributed by atoms with E-state index in [9.17, 15) is 19.2 Å². The lowest BCUT2D eigenvalue weighted by atomic mass is 10.1. The van der Waals surface area contributed by atoms with Crippen molar-refractivity contribution in [3.8, 4) is 0 Å². The van der Waals surface area contributed by atoms with E-state index in [4.69, 9.17) is 16.3 Å². The molecule has 1 aromatic carbocycles. The van der Waals surface area contributed by atoms with E-state index in [-0.39, 0.29) is 17.5 Å². The second kappa shape index (κ2) is 8.66. The molecule has 1 saturated heterocycles. The van der Waals surface area contributed by atoms with E-state index in [1.807, 2.05) is 0 Å². The number of carbonyl (C=O) groups is 4. The van der Waals surface area contributed by atoms with Gasteiger partial charge in [0.05, 0.1) is 11.3 Å². The first-order chi connectivity index (χ1) is 12.3. The van der Waals surface area contributed by atoms with Crippen LogP contribution in [0.2, 0.25) is 5.02 Å². The Kier molecular flexibility index (Phi) is 6.57. The number of carbonyl (C=O) groups excluding carboxylic acids is 4. The van der Waals surface area contributed by atoms with Crippen molar-refractivity contribution in [2.45, 2.75) is 32.7 Å². The van der Waals surface area contributed by atoms with Crippen LogP contribution in [0.25, 0.3) is 0 Å². The highest BCUT2D eigenvalue weighted by atomic mass is 35.5. The Morgan fingerprint density at radius 1 is 1.31 bits per heavy atom. The maximum absolute atomic E-state index is 12.3. The third-order valence-corrected chi connectivity index (χ3v) is 3.79. The first-order valence-corrected chi connectivity index (χ1v) is 8.53. The first kappa shape index (κ1) is 19.7. The Bertz CT molecular complexity index is 735. The Morgan fingerprint density at radius 2 is 2.04 bits per heavy atom. The fraction of sp³-hybridized carbons (Fsp3) is 0.412. The van der Waals surface area contributed by atoms with E-state index >= 15 is 0 Å². The van der Waals surface area contributed by atoms with Crippen LogP contribution >= 0.6 is 11.6 Å². The van der Waals surface area contributed by atoms with Crippen LogP contribution in [0.1, 0.15) is 37.0 Å². The van der Waals surface area contributed by atoms with E-state index in [1.165, 1.54) is 23.1 Å². The molecule has 0 bridgehead atoms. The summed E-state index contributed by atoms with van der Waals surface area (Å²) >= 11 is 5.98. The van der Waals surface area contributed by atoms with Crippen molar-refractivity contribution in [1.82, 2.24) is 10.6 Å². The lowest BCUT2D eigenvalue weighted by molar-refractivity contribution is -0.123. The molecule has 0 saturated carbocycles. The maximum atomic E-state index is 12.3. The number of hydrogen-bond donors (Lipinski definition) is 2. The van der Waals surface area contributed by atoms with Crippen LogP contribution in [0.15, 0.2) is 18.2 Å². The molecule has 0 radical (unpaired) electrons. The minimum Gasteiger partial charge on any atom is -0.452 e. The predicted octanol–water partition coefficient (Wildman–Crippen LogP) is 1.86. The summed E-state index contributed by atoms with van der Waals surface area (Å²) in [6, 6.07) is 3.64. The average Bonchev–Trinajstić information content (AvgIpc) is 2.97. The highest BCUT2D eigenvalue weighted by Gasteiger charge is 2.27. The van der Waals surface area contributed by atoms with E-state index in [1.54, 1.807) is 13.8 Å². The van der Waals surface area contributed by atoms with Crippen molar-refractivity contribution in [2.24, 2.45) is 0 Å². The Morgan fingerprint density at radius 3 is 2.65 bits per heavy atom. The van der Waals surface area contributed by atoms with Crippen molar-refractivity contribution >= 4 is 41.1 Å². The van der Waals surface area contributed by atoms with E-state index in [0.717, 1.165) is 0 Å². The maximum Gasteiger partial charge on any atom is 0.340 e. The highest BCUT2D eigenvalue weighted by Crippen LogP contribution is 2.29. The van der Waals surface area contributed by atoms with Crippen LogP contribution in [0.4, 0.5) is 10.5 Å². The molecule has 2 rings (SSSR count). The number of nitrogens with zero attached hydrogens (tertiary/aromatic N) is 1. The quantitative estimate of drug-likeness (QED) is 0.757. The van der Waals surface area contributed by atoms with Gasteiger partial charge in [-0.05, 0) is 38.5 Å². The van der Waals surface area contributed by atoms with Gasteiger partial charge in [0.1, 0.15) is 0 Å². The molecule has 4 amide bonds. The smallest absolute Gasteiger partial charge is 0.340 e. The molecule has 0 aliphatic carbocycles. The molecular formula is C17H20ClN3O5. The van der Waals surface area contributed by atoms with Crippen LogP contribution in [-0.4, -0.2) is 43.0 Å². The lowest BCUT2D eigenvalue weighted by Crippen LogP contribution is -2.44. The number of benzene rings is 1. The van der Waals surface area contributed by atoms with Gasteiger partial charge in [0.25, 0.3) is 5.91 Å². The van der Waals surface area contributed by atoms with Gasteiger partial charge in [-0.2, -0.15) is 0 Å². The van der Waals surface area contributed by atoms with Gasteiger partial charge in [0, 0.05) is 24.0 Å². The SMILES string of the molecule is CC(C)NC(=O)NC(=O)COC(=O)c1ccc(Cl)cc1N1CCCC1=O. The van der Waals surface area contributed by atoms with E-state index in [0.29, 0.717) is 30.1 Å². The number of rotatable bonds is 5. The predicted molar refractivity (Wildman–Crippen MR) is 95.1 cm³/mol. The van der Waals surface area contributed by atoms with Gasteiger partial charge in [-0.15, -0.1) is 0 Å². The van der Waals surface area contributed by atoms with Gasteiger partial charge in [-0.3, -0.25) is 14.9 Å². The van der Waals surface area contributed by atoms with Crippen molar-refractivity contribution in [2.75, 3.05) is 18.1 Å². The minimum atomic E-state index is -0.782. The fourth-order valence-electron chi connectivity index (χ4n) is 2.47. The van der Waals surface area contributed by atoms with Crippen LogP contribution in [0.3, 0.4) is 0 Å². The molecule has 8 nitrogen and oxygen atoms in total. The van der Waals surface area contributed by atoms with Crippen molar-refractivity contribution in [1.29, 1.82) is 0 Å². The van der Waals surface area contributed by atoms with Gasteiger partial charge in [0.15, 0.2) is 6.61 Å². The molecule has 0 unspecified atom stereocenters. The Hall–Kier alpha value is -2.61. The average molecular weight is 382 g/mol. The summed E-state index contributed by atoms with van der Waals surface area (Å²) in [7, 11) is 0. The molecule has 1 aliphatic rings. The standard InChI is InChI=1S/C17H20ClN3O5/c1-10(2)19-17(25)20-14(22)9-26-16(24)12-6-5-11(18)8-13(12)21-7-3-4-15(21)23/h5-6,8,10H,3-4,7,9H2,1-2H3,(H2,19,20,22,25). The third kappa shape index (κ3) is 5.19. The zero-order valence-corrected chi connectivity index (χ0v) is 15.3. The Labute approximate surface area is 155 Å². The number of ether oxygens (including phenoxy) is 1. The molecule has 140 valence electrons. The van der Waals surface area contributed by atoms with Crippen molar-refractivity contribution < 1.29 is 23.9 Å². The van der Waals surface area contributed by atoms with Gasteiger partial charge in [-0.1, -0.05) is 11.6 Å². The van der Waals surface area contributed by atoms with Crippen LogP contribution in [0.5, 0.6) is 0 Å². The lowest BCUT2D eigenvalue weighted by Gasteiger charge is -2.19. The van der Waals surface area contributed by atoms with Gasteiger partial charge >= 0.3 is 12.0 Å². The van der Waals surface area contributed by atoms with Gasteiger partial charge < -0.3 is 15.0 Å². The monoisotopic (exact) mass is 381 g/mol. The third-order valence-electron chi connectivity index (χ3n) is 3.55. The summed E-state index contributed by atoms with van der Waals surface area (Å²) < 4.78 is 4.96. The molecule has 1 heterocycles. The molecule has 9 heteroatoms. The van der Waals surface area contributed by atoms with Crippen LogP contribution in [-0.2, 0) is 14.3 Å². The molecule has 2 N–H and O–H groups in total. The molecular weight excluding hydrogens is 362 g/mol. The normalized spacial score (nSPS) is 13.7. The number of nitrogens with one attached hydrogen (secondary N) is 2. The van der Waals surface area contributed by atoms with E-state index < -0.39 is 24.5 Å². The summed E-state index contributed by atoms with van der Waals surface area (Å²) in [5.74, 6) is -1.65. The van der Waals surface area contributed by atoms with Gasteiger partial charge in [0.2, 0.25) is 5.91 Å². The first-order valence-electron chi connectivity index (χ1n) is 8.15. The molecule has 1 aliphatic heterocycles. The highest BCUT2D eigenvalue weighted by molar-refractivity contribution is 6.31. The van der Waals surface area contributed by atoms with E-state index in [2.05, 4.69) is 10.6 Å². The number of imide groups is 1. The zero-order chi connectivity index (χ0) is 19.3. The molecule has 0 atom stereocenters. The fourth-order valence-corrected chi connectivity index (χ4v) is 2.64. The zero-order valence-electron chi connectivity index (χ0n) is 14.5. The summed E-state index contributed by atoms with van der Waals surface area (Å²) in [5.41, 5.74) is 0.479. The van der Waals surface area contributed by atoms with Gasteiger partial charge in [-0.25, -0.2) is 9.59 Å². The second-order valence-electron chi connectivity index (χ2n) is 6.06. The van der Waals surface area contributed by atoms with Crippen LogP contribution in [0, 0.1) is 0 Å². The summed E-state index contributed by atoms with van der Waals surface area (Å²) in [6.07, 6.45) is 1.08. The molecule has 0 aromatic heterocycles. The Balaban J connectivity index is 2.02. The number of esters is 1. The number of urea groups is 1. The largest absolute Gasteiger partial charge is 0.452 e. The second-order valence-corrected chi connectivity index (χ2v) is 6.50. The molecule has 26 heavy (non-hydrogen) atoms. The van der Waals surface area contributed by atoms with Crippen molar-refractivity contribution in [3.05, 3.63) is 28.8 Å². The molecule has 1 fully saturated rings. The summed E-state index contributed by atoms with van der Waals surface area (Å²) in [4.78, 5) is 48.9. The minimum absolute atomic E-state index is 0.107. The van der Waals surface area contributed by atoms with Crippen LogP contribution < -0.4 is 15.5 Å². The van der Waals surface area contributed by atoms with Crippen molar-refractivity contribution in [3.63, 3.8) is 0 Å².